The van der Waals surface area contributed by atoms with Crippen molar-refractivity contribution < 1.29 is 19.8 Å². The largest absolute Gasteiger partial charge is 0.480 e. The van der Waals surface area contributed by atoms with E-state index in [1.807, 2.05) is 0 Å². The lowest BCUT2D eigenvalue weighted by atomic mass is 10.2. The number of nitrogens with zero attached hydrogens (tertiary/aromatic N) is 1. The maximum atomic E-state index is 11.6. The minimum atomic E-state index is -1.19. The number of urea groups is 1. The summed E-state index contributed by atoms with van der Waals surface area (Å²) >= 11 is 0. The number of rotatable bonds is 5. The average molecular weight is 256 g/mol. The van der Waals surface area contributed by atoms with Gasteiger partial charge >= 0.3 is 12.0 Å². The Bertz CT molecular complexity index is 424. The number of carbonyl (C=O) groups excluding carboxylic acids is 1. The lowest BCUT2D eigenvalue weighted by Crippen LogP contribution is -2.43. The predicted octanol–water partition coefficient (Wildman–Crippen LogP) is -0.0164. The Kier molecular flexibility index (Phi) is 4.67. The van der Waals surface area contributed by atoms with Crippen LogP contribution in [-0.2, 0) is 4.79 Å². The molecule has 1 atom stereocenters. The number of carboxylic acids is 1. The van der Waals surface area contributed by atoms with Gasteiger partial charge in [-0.25, -0.2) is 9.59 Å². The molecule has 0 fully saturated rings. The zero-order valence-corrected chi connectivity index (χ0v) is 10.1. The first-order valence-corrected chi connectivity index (χ1v) is 5.38. The number of aromatic nitrogens is 2. The number of carboxylic acid groups (broad SMARTS) is 1. The van der Waals surface area contributed by atoms with Gasteiger partial charge in [0.25, 0.3) is 0 Å². The van der Waals surface area contributed by atoms with E-state index in [1.165, 1.54) is 0 Å². The molecule has 0 aliphatic rings. The highest BCUT2D eigenvalue weighted by molar-refractivity contribution is 5.93. The first kappa shape index (κ1) is 14.0. The highest BCUT2D eigenvalue weighted by Gasteiger charge is 2.20. The molecule has 0 aliphatic carbocycles. The van der Waals surface area contributed by atoms with Gasteiger partial charge in [-0.15, -0.1) is 0 Å². The Morgan fingerprint density at radius 3 is 2.56 bits per heavy atom. The van der Waals surface area contributed by atoms with E-state index in [1.54, 1.807) is 13.8 Å². The summed E-state index contributed by atoms with van der Waals surface area (Å²) in [6.45, 7) is 3.13. The number of aromatic amines is 1. The van der Waals surface area contributed by atoms with Crippen LogP contribution in [0.25, 0.3) is 0 Å². The molecule has 0 spiro atoms. The van der Waals surface area contributed by atoms with Gasteiger partial charge in [0.15, 0.2) is 0 Å². The van der Waals surface area contributed by atoms with Crippen molar-refractivity contribution >= 4 is 17.7 Å². The van der Waals surface area contributed by atoms with Crippen molar-refractivity contribution in [2.24, 2.45) is 0 Å². The maximum absolute atomic E-state index is 11.6. The molecule has 1 aromatic rings. The maximum Gasteiger partial charge on any atom is 0.326 e. The van der Waals surface area contributed by atoms with E-state index in [2.05, 4.69) is 20.8 Å². The first-order chi connectivity index (χ1) is 8.45. The Labute approximate surface area is 103 Å². The lowest BCUT2D eigenvalue weighted by molar-refractivity contribution is -0.139. The first-order valence-electron chi connectivity index (χ1n) is 5.38. The Balaban J connectivity index is 2.63. The molecule has 0 saturated heterocycles. The minimum Gasteiger partial charge on any atom is -0.480 e. The quantitative estimate of drug-likeness (QED) is 0.506. The third kappa shape index (κ3) is 3.45. The van der Waals surface area contributed by atoms with E-state index in [0.717, 1.165) is 0 Å². The highest BCUT2D eigenvalue weighted by atomic mass is 16.4. The summed E-state index contributed by atoms with van der Waals surface area (Å²) in [5, 5.41) is 28.9. The van der Waals surface area contributed by atoms with Crippen LogP contribution in [0.15, 0.2) is 0 Å². The number of aliphatic carboxylic acids is 1. The van der Waals surface area contributed by atoms with E-state index in [9.17, 15) is 9.59 Å². The Hall–Kier alpha value is -2.09. The zero-order chi connectivity index (χ0) is 13.7. The summed E-state index contributed by atoms with van der Waals surface area (Å²) in [5.74, 6) is -1.19. The number of hydrogen-bond donors (Lipinski definition) is 5. The van der Waals surface area contributed by atoms with Crippen molar-refractivity contribution in [2.45, 2.75) is 26.3 Å². The van der Waals surface area contributed by atoms with Gasteiger partial charge in [0.2, 0.25) is 0 Å². The Morgan fingerprint density at radius 2 is 2.11 bits per heavy atom. The van der Waals surface area contributed by atoms with Crippen molar-refractivity contribution in [3.05, 3.63) is 11.4 Å². The zero-order valence-electron chi connectivity index (χ0n) is 10.1. The lowest BCUT2D eigenvalue weighted by Gasteiger charge is -2.14. The van der Waals surface area contributed by atoms with Crippen molar-refractivity contribution in [3.8, 4) is 0 Å². The second kappa shape index (κ2) is 6.01. The smallest absolute Gasteiger partial charge is 0.326 e. The molecule has 1 aromatic heterocycles. The molecule has 18 heavy (non-hydrogen) atoms. The van der Waals surface area contributed by atoms with Crippen LogP contribution in [0.4, 0.5) is 10.5 Å². The van der Waals surface area contributed by atoms with Crippen molar-refractivity contribution in [1.82, 2.24) is 15.5 Å². The van der Waals surface area contributed by atoms with Gasteiger partial charge < -0.3 is 20.8 Å². The van der Waals surface area contributed by atoms with E-state index in [-0.39, 0.29) is 13.0 Å². The molecular weight excluding hydrogens is 240 g/mol. The number of H-pyrrole nitrogens is 1. The Morgan fingerprint density at radius 1 is 1.44 bits per heavy atom. The molecule has 5 N–H and O–H groups in total. The predicted molar refractivity (Wildman–Crippen MR) is 63.3 cm³/mol. The van der Waals surface area contributed by atoms with E-state index < -0.39 is 18.0 Å². The third-order valence-electron chi connectivity index (χ3n) is 2.39. The molecule has 1 rings (SSSR count). The van der Waals surface area contributed by atoms with Crippen LogP contribution in [0.3, 0.4) is 0 Å². The van der Waals surface area contributed by atoms with Gasteiger partial charge in [0.05, 0.1) is 17.1 Å². The van der Waals surface area contributed by atoms with Gasteiger partial charge in [0.1, 0.15) is 6.04 Å². The van der Waals surface area contributed by atoms with Crippen molar-refractivity contribution in [1.29, 1.82) is 0 Å². The standard InChI is InChI=1S/C10H16N4O4/c1-5-8(6(2)14-13-5)12-10(18)11-7(3-4-15)9(16)17/h7,15H,3-4H2,1-2H3,(H,13,14)(H,16,17)(H2,11,12,18)/t7-/m1/s1. The van der Waals surface area contributed by atoms with E-state index in [0.29, 0.717) is 17.1 Å². The van der Waals surface area contributed by atoms with Crippen LogP contribution in [0.5, 0.6) is 0 Å². The molecule has 0 radical (unpaired) electrons. The molecule has 8 heteroatoms. The fraction of sp³-hybridized carbons (Fsp3) is 0.500. The monoisotopic (exact) mass is 256 g/mol. The van der Waals surface area contributed by atoms with Crippen LogP contribution in [-0.4, -0.2) is 45.1 Å². The number of amides is 2. The number of aryl methyl sites for hydroxylation is 2. The van der Waals surface area contributed by atoms with Gasteiger partial charge in [-0.2, -0.15) is 5.10 Å². The van der Waals surface area contributed by atoms with E-state index >= 15 is 0 Å². The van der Waals surface area contributed by atoms with Crippen molar-refractivity contribution in [3.63, 3.8) is 0 Å². The summed E-state index contributed by atoms with van der Waals surface area (Å²) in [6.07, 6.45) is -0.0495. The molecule has 2 amide bonds. The second-order valence-electron chi connectivity index (χ2n) is 3.81. The molecule has 8 nitrogen and oxygen atoms in total. The second-order valence-corrected chi connectivity index (χ2v) is 3.81. The molecule has 1 heterocycles. The topological polar surface area (TPSA) is 127 Å². The number of aliphatic hydroxyl groups is 1. The molecule has 0 bridgehead atoms. The summed E-state index contributed by atoms with van der Waals surface area (Å²) in [6, 6.07) is -1.77. The fourth-order valence-corrected chi connectivity index (χ4v) is 1.43. The summed E-state index contributed by atoms with van der Waals surface area (Å²) in [7, 11) is 0. The van der Waals surface area contributed by atoms with Crippen LogP contribution >= 0.6 is 0 Å². The number of aliphatic hydroxyl groups excluding tert-OH is 1. The van der Waals surface area contributed by atoms with E-state index in [4.69, 9.17) is 10.2 Å². The third-order valence-corrected chi connectivity index (χ3v) is 2.39. The van der Waals surface area contributed by atoms with Crippen LogP contribution in [0.2, 0.25) is 0 Å². The van der Waals surface area contributed by atoms with Gasteiger partial charge in [-0.1, -0.05) is 0 Å². The van der Waals surface area contributed by atoms with Crippen LogP contribution in [0, 0.1) is 13.8 Å². The van der Waals surface area contributed by atoms with Crippen molar-refractivity contribution in [2.75, 3.05) is 11.9 Å². The fourth-order valence-electron chi connectivity index (χ4n) is 1.43. The SMILES string of the molecule is Cc1n[nH]c(C)c1NC(=O)N[C@H](CCO)C(=O)O. The molecule has 0 aliphatic heterocycles. The van der Waals surface area contributed by atoms with Crippen LogP contribution < -0.4 is 10.6 Å². The molecular formula is C10H16N4O4. The summed E-state index contributed by atoms with van der Waals surface area (Å²) in [4.78, 5) is 22.4. The number of anilines is 1. The number of carbonyl (C=O) groups is 2. The number of nitrogens with one attached hydrogen (secondary N) is 3. The minimum absolute atomic E-state index is 0.0495. The number of hydrogen-bond acceptors (Lipinski definition) is 4. The van der Waals surface area contributed by atoms with Gasteiger partial charge in [-0.3, -0.25) is 5.10 Å². The van der Waals surface area contributed by atoms with Crippen LogP contribution in [0.1, 0.15) is 17.8 Å². The summed E-state index contributed by atoms with van der Waals surface area (Å²) in [5.41, 5.74) is 1.80. The molecule has 0 saturated carbocycles. The molecule has 100 valence electrons. The molecule has 0 aromatic carbocycles. The van der Waals surface area contributed by atoms with Gasteiger partial charge in [-0.05, 0) is 13.8 Å². The summed E-state index contributed by atoms with van der Waals surface area (Å²) < 4.78 is 0. The normalized spacial score (nSPS) is 11.9. The molecule has 0 unspecified atom stereocenters. The average Bonchev–Trinajstić information content (AvgIpc) is 2.60. The van der Waals surface area contributed by atoms with Gasteiger partial charge in [0, 0.05) is 13.0 Å². The highest BCUT2D eigenvalue weighted by Crippen LogP contribution is 2.15.